The topological polar surface area (TPSA) is 49.9 Å². The number of carbonyl (C=O) groups excluding carboxylic acids is 2. The van der Waals surface area contributed by atoms with Crippen LogP contribution < -0.4 is 0 Å². The minimum atomic E-state index is -0.151. The van der Waals surface area contributed by atoms with Crippen molar-refractivity contribution in [2.75, 3.05) is 26.2 Å². The lowest BCUT2D eigenvalue weighted by Gasteiger charge is -2.38. The zero-order chi connectivity index (χ0) is 27.3. The van der Waals surface area contributed by atoms with Crippen molar-refractivity contribution in [1.29, 1.82) is 0 Å². The Hall–Kier alpha value is -2.96. The van der Waals surface area contributed by atoms with Gasteiger partial charge in [0.2, 0.25) is 11.8 Å². The van der Waals surface area contributed by atoms with Crippen molar-refractivity contribution < 1.29 is 14.3 Å². The molecule has 5 nitrogen and oxygen atoms in total. The van der Waals surface area contributed by atoms with E-state index in [0.29, 0.717) is 19.7 Å². The van der Waals surface area contributed by atoms with Crippen LogP contribution >= 0.6 is 11.3 Å². The molecular weight excluding hydrogens is 492 g/mol. The standard InChI is InChI=1S/C32H40N2O3S/c1-23(2)19-33(30(36)22-37-21-24-9-7-6-8-10-24)20-29(35)34-17-15-28-27(16-18-38-28)31(34)25-11-13-26(14-12-25)32(3,4)5/h6-14,16,18,23,31H,15,17,19-22H2,1-5H3. The molecule has 0 bridgehead atoms. The Bertz CT molecular complexity index is 1210. The van der Waals surface area contributed by atoms with Gasteiger partial charge in [-0.15, -0.1) is 11.3 Å². The Balaban J connectivity index is 1.50. The van der Waals surface area contributed by atoms with Gasteiger partial charge in [-0.2, -0.15) is 0 Å². The monoisotopic (exact) mass is 532 g/mol. The average molecular weight is 533 g/mol. The van der Waals surface area contributed by atoms with Crippen molar-refractivity contribution >= 4 is 23.2 Å². The molecule has 1 aromatic heterocycles. The van der Waals surface area contributed by atoms with Gasteiger partial charge < -0.3 is 14.5 Å². The van der Waals surface area contributed by atoms with Crippen LogP contribution in [0.2, 0.25) is 0 Å². The van der Waals surface area contributed by atoms with Gasteiger partial charge in [-0.1, -0.05) is 89.2 Å². The van der Waals surface area contributed by atoms with Crippen molar-refractivity contribution in [2.45, 2.75) is 59.1 Å². The molecule has 4 rings (SSSR count). The van der Waals surface area contributed by atoms with Gasteiger partial charge in [0.15, 0.2) is 0 Å². The Kier molecular flexibility index (Phi) is 9.06. The van der Waals surface area contributed by atoms with Crippen LogP contribution in [0.3, 0.4) is 0 Å². The van der Waals surface area contributed by atoms with Crippen molar-refractivity contribution in [3.63, 3.8) is 0 Å². The van der Waals surface area contributed by atoms with E-state index in [4.69, 9.17) is 4.74 Å². The van der Waals surface area contributed by atoms with E-state index in [1.54, 1.807) is 16.2 Å². The molecule has 0 spiro atoms. The molecule has 0 fully saturated rings. The van der Waals surface area contributed by atoms with E-state index < -0.39 is 0 Å². The van der Waals surface area contributed by atoms with Gasteiger partial charge >= 0.3 is 0 Å². The number of hydrogen-bond acceptors (Lipinski definition) is 4. The number of fused-ring (bicyclic) bond motifs is 1. The van der Waals surface area contributed by atoms with E-state index in [9.17, 15) is 9.59 Å². The molecule has 1 unspecified atom stereocenters. The summed E-state index contributed by atoms with van der Waals surface area (Å²) in [5.74, 6) is 0.0672. The minimum Gasteiger partial charge on any atom is -0.367 e. The highest BCUT2D eigenvalue weighted by molar-refractivity contribution is 7.10. The lowest BCUT2D eigenvalue weighted by molar-refractivity contribution is -0.145. The van der Waals surface area contributed by atoms with Gasteiger partial charge in [0.1, 0.15) is 6.61 Å². The molecule has 0 N–H and O–H groups in total. The Morgan fingerprint density at radius 2 is 1.76 bits per heavy atom. The lowest BCUT2D eigenvalue weighted by Crippen LogP contribution is -2.48. The third-order valence-electron chi connectivity index (χ3n) is 6.98. The number of nitrogens with zero attached hydrogens (tertiary/aromatic N) is 2. The van der Waals surface area contributed by atoms with E-state index in [2.05, 4.69) is 70.3 Å². The van der Waals surface area contributed by atoms with Crippen LogP contribution in [0, 0.1) is 5.92 Å². The summed E-state index contributed by atoms with van der Waals surface area (Å²) in [4.78, 5) is 32.0. The summed E-state index contributed by atoms with van der Waals surface area (Å²) < 4.78 is 5.72. The summed E-state index contributed by atoms with van der Waals surface area (Å²) in [5, 5.41) is 2.12. The van der Waals surface area contributed by atoms with Crippen LogP contribution in [0.4, 0.5) is 0 Å². The van der Waals surface area contributed by atoms with Crippen molar-refractivity contribution in [3.8, 4) is 0 Å². The molecule has 0 aliphatic carbocycles. The molecule has 0 saturated carbocycles. The van der Waals surface area contributed by atoms with Crippen molar-refractivity contribution in [3.05, 3.63) is 93.2 Å². The Labute approximate surface area is 231 Å². The molecule has 1 atom stereocenters. The van der Waals surface area contributed by atoms with Crippen molar-refractivity contribution in [1.82, 2.24) is 9.80 Å². The Morgan fingerprint density at radius 1 is 1.05 bits per heavy atom. The number of hydrogen-bond donors (Lipinski definition) is 0. The van der Waals surface area contributed by atoms with Crippen LogP contribution in [-0.4, -0.2) is 47.9 Å². The molecule has 202 valence electrons. The van der Waals surface area contributed by atoms with Gasteiger partial charge in [-0.25, -0.2) is 0 Å². The largest absolute Gasteiger partial charge is 0.367 e. The first-order valence-electron chi connectivity index (χ1n) is 13.5. The first-order valence-corrected chi connectivity index (χ1v) is 14.4. The molecule has 38 heavy (non-hydrogen) atoms. The molecule has 2 aromatic carbocycles. The summed E-state index contributed by atoms with van der Waals surface area (Å²) in [6, 6.07) is 20.5. The summed E-state index contributed by atoms with van der Waals surface area (Å²) in [7, 11) is 0. The predicted octanol–water partition coefficient (Wildman–Crippen LogP) is 6.22. The van der Waals surface area contributed by atoms with Crippen LogP contribution in [0.15, 0.2) is 66.0 Å². The van der Waals surface area contributed by atoms with Gasteiger partial charge in [0.05, 0.1) is 19.2 Å². The quantitative estimate of drug-likeness (QED) is 0.329. The molecule has 1 aliphatic heterocycles. The maximum Gasteiger partial charge on any atom is 0.249 e. The van der Waals surface area contributed by atoms with Crippen LogP contribution in [0.5, 0.6) is 0 Å². The summed E-state index contributed by atoms with van der Waals surface area (Å²) >= 11 is 1.76. The molecule has 3 aromatic rings. The molecule has 0 saturated heterocycles. The van der Waals surface area contributed by atoms with E-state index in [1.807, 2.05) is 35.2 Å². The van der Waals surface area contributed by atoms with Crippen LogP contribution in [-0.2, 0) is 32.8 Å². The second-order valence-electron chi connectivity index (χ2n) is 11.6. The first-order chi connectivity index (χ1) is 18.1. The third-order valence-corrected chi connectivity index (χ3v) is 7.98. The van der Waals surface area contributed by atoms with E-state index in [1.165, 1.54) is 16.0 Å². The van der Waals surface area contributed by atoms with Crippen molar-refractivity contribution in [2.24, 2.45) is 5.92 Å². The fourth-order valence-electron chi connectivity index (χ4n) is 4.98. The fourth-order valence-corrected chi connectivity index (χ4v) is 5.88. The van der Waals surface area contributed by atoms with E-state index in [0.717, 1.165) is 17.5 Å². The number of benzene rings is 2. The molecule has 2 heterocycles. The number of rotatable bonds is 9. The van der Waals surface area contributed by atoms with Gasteiger partial charge in [-0.3, -0.25) is 9.59 Å². The lowest BCUT2D eigenvalue weighted by atomic mass is 9.85. The predicted molar refractivity (Wildman–Crippen MR) is 154 cm³/mol. The number of carbonyl (C=O) groups is 2. The SMILES string of the molecule is CC(C)CN(CC(=O)N1CCc2sccc2C1c1ccc(C(C)(C)C)cc1)C(=O)COCc1ccccc1. The summed E-state index contributed by atoms with van der Waals surface area (Å²) in [5.41, 5.74) is 4.66. The minimum absolute atomic E-state index is 0.0243. The zero-order valence-electron chi connectivity index (χ0n) is 23.3. The first kappa shape index (κ1) is 28.1. The number of thiophene rings is 1. The molecule has 2 amide bonds. The second-order valence-corrected chi connectivity index (χ2v) is 12.6. The van der Waals surface area contributed by atoms with Gasteiger partial charge in [-0.05, 0) is 51.5 Å². The third kappa shape index (κ3) is 6.91. The zero-order valence-corrected chi connectivity index (χ0v) is 24.1. The number of ether oxygens (including phenoxy) is 1. The second kappa shape index (κ2) is 12.3. The Morgan fingerprint density at radius 3 is 2.42 bits per heavy atom. The molecule has 1 aliphatic rings. The maximum absolute atomic E-state index is 13.8. The number of amides is 2. The molecule has 0 radical (unpaired) electrons. The smallest absolute Gasteiger partial charge is 0.249 e. The molecule has 6 heteroatoms. The highest BCUT2D eigenvalue weighted by atomic mass is 32.1. The highest BCUT2D eigenvalue weighted by Crippen LogP contribution is 2.38. The van der Waals surface area contributed by atoms with Gasteiger partial charge in [0.25, 0.3) is 0 Å². The van der Waals surface area contributed by atoms with E-state index in [-0.39, 0.29) is 42.3 Å². The average Bonchev–Trinajstić information content (AvgIpc) is 3.36. The maximum atomic E-state index is 13.8. The highest BCUT2D eigenvalue weighted by Gasteiger charge is 2.34. The van der Waals surface area contributed by atoms with Gasteiger partial charge in [0, 0.05) is 18.0 Å². The fraction of sp³-hybridized carbons (Fsp3) is 0.438. The van der Waals surface area contributed by atoms with Crippen LogP contribution in [0.1, 0.15) is 67.8 Å². The normalized spacial score (nSPS) is 15.4. The van der Waals surface area contributed by atoms with Crippen LogP contribution in [0.25, 0.3) is 0 Å². The summed E-state index contributed by atoms with van der Waals surface area (Å²) in [6.45, 7) is 12.3. The molecular formula is C32H40N2O3S. The summed E-state index contributed by atoms with van der Waals surface area (Å²) in [6.07, 6.45) is 0.841. The van der Waals surface area contributed by atoms with E-state index >= 15 is 0 Å².